The predicted molar refractivity (Wildman–Crippen MR) is 175 cm³/mol. The van der Waals surface area contributed by atoms with Crippen LogP contribution in [0.2, 0.25) is 10.0 Å². The Morgan fingerprint density at radius 3 is 2.39 bits per heavy atom. The summed E-state index contributed by atoms with van der Waals surface area (Å²) in [5.41, 5.74) is 3.92. The monoisotopic (exact) mass is 622 g/mol. The van der Waals surface area contributed by atoms with Crippen LogP contribution >= 0.6 is 23.2 Å². The number of carbonyl (C=O) groups excluding carboxylic acids is 1. The topological polar surface area (TPSA) is 80.6 Å². The standard InChI is InChI=1S/C36H28Cl2N2O4/c1-23-11-12-25-7-3-5-9-30(25)31(23)22-44-35-33(38)18-24(19-34(35)42-2)17-27(20-39)36(41)40-28-13-15-29(16-14-28)43-21-26-8-4-6-10-32(26)37/h3-19H,21-22H2,1-2H3,(H,40,41)/b27-17+. The maximum atomic E-state index is 12.9. The summed E-state index contributed by atoms with van der Waals surface area (Å²) < 4.78 is 17.5. The van der Waals surface area contributed by atoms with Crippen molar-refractivity contribution in [3.8, 4) is 23.3 Å². The van der Waals surface area contributed by atoms with E-state index in [9.17, 15) is 10.1 Å². The van der Waals surface area contributed by atoms with Gasteiger partial charge in [-0.05, 0) is 77.4 Å². The minimum absolute atomic E-state index is 0.109. The van der Waals surface area contributed by atoms with E-state index in [0.29, 0.717) is 45.2 Å². The molecule has 6 nitrogen and oxygen atoms in total. The van der Waals surface area contributed by atoms with Crippen LogP contribution in [0.5, 0.6) is 17.2 Å². The summed E-state index contributed by atoms with van der Waals surface area (Å²) in [6.07, 6.45) is 1.45. The van der Waals surface area contributed by atoms with Crippen molar-refractivity contribution in [2.24, 2.45) is 0 Å². The minimum Gasteiger partial charge on any atom is -0.493 e. The Labute approximate surface area is 266 Å². The molecule has 0 saturated carbocycles. The van der Waals surface area contributed by atoms with Gasteiger partial charge in [0, 0.05) is 21.8 Å². The SMILES string of the molecule is COc1cc(/C=C(\C#N)C(=O)Nc2ccc(OCc3ccccc3Cl)cc2)cc(Cl)c1OCc1c(C)ccc2ccccc12. The van der Waals surface area contributed by atoms with Crippen LogP contribution in [0.25, 0.3) is 16.8 Å². The highest BCUT2D eigenvalue weighted by molar-refractivity contribution is 6.32. The lowest BCUT2D eigenvalue weighted by Crippen LogP contribution is -2.13. The van der Waals surface area contributed by atoms with Gasteiger partial charge in [0.2, 0.25) is 0 Å². The zero-order chi connectivity index (χ0) is 31.1. The summed E-state index contributed by atoms with van der Waals surface area (Å²) in [7, 11) is 1.51. The number of amides is 1. The minimum atomic E-state index is -0.570. The number of hydrogen-bond acceptors (Lipinski definition) is 5. The lowest BCUT2D eigenvalue weighted by atomic mass is 10.0. The fraction of sp³-hybridized carbons (Fsp3) is 0.111. The zero-order valence-corrected chi connectivity index (χ0v) is 25.6. The number of nitrogens with zero attached hydrogens (tertiary/aromatic N) is 1. The molecule has 220 valence electrons. The number of rotatable bonds is 10. The Morgan fingerprint density at radius 2 is 1.64 bits per heavy atom. The average molecular weight is 624 g/mol. The molecule has 0 saturated heterocycles. The Kier molecular flexibility index (Phi) is 9.71. The molecule has 0 unspecified atom stereocenters. The van der Waals surface area contributed by atoms with Gasteiger partial charge in [0.15, 0.2) is 11.5 Å². The molecule has 0 bridgehead atoms. The van der Waals surface area contributed by atoms with E-state index >= 15 is 0 Å². The molecule has 0 aliphatic carbocycles. The number of methoxy groups -OCH3 is 1. The molecule has 0 spiro atoms. The second kappa shape index (κ2) is 14.0. The summed E-state index contributed by atoms with van der Waals surface area (Å²) >= 11 is 12.8. The lowest BCUT2D eigenvalue weighted by molar-refractivity contribution is -0.112. The quantitative estimate of drug-likeness (QED) is 0.124. The first-order chi connectivity index (χ1) is 21.4. The highest BCUT2D eigenvalue weighted by Gasteiger charge is 2.16. The summed E-state index contributed by atoms with van der Waals surface area (Å²) in [5, 5.41) is 15.6. The third-order valence-corrected chi connectivity index (χ3v) is 7.68. The molecule has 5 rings (SSSR count). The average Bonchev–Trinajstić information content (AvgIpc) is 3.03. The number of ether oxygens (including phenoxy) is 3. The summed E-state index contributed by atoms with van der Waals surface area (Å²) in [4.78, 5) is 12.9. The molecule has 5 aromatic carbocycles. The van der Waals surface area contributed by atoms with Crippen molar-refractivity contribution < 1.29 is 19.0 Å². The molecule has 5 aromatic rings. The number of halogens is 2. The molecule has 1 amide bonds. The maximum Gasteiger partial charge on any atom is 0.266 e. The Balaban J connectivity index is 1.27. The number of nitrogens with one attached hydrogen (secondary N) is 1. The van der Waals surface area contributed by atoms with Crippen molar-refractivity contribution in [1.82, 2.24) is 0 Å². The third kappa shape index (κ3) is 7.15. The maximum absolute atomic E-state index is 12.9. The van der Waals surface area contributed by atoms with E-state index in [4.69, 9.17) is 37.4 Å². The largest absolute Gasteiger partial charge is 0.493 e. The van der Waals surface area contributed by atoms with Gasteiger partial charge in [-0.15, -0.1) is 0 Å². The van der Waals surface area contributed by atoms with E-state index in [1.165, 1.54) is 13.2 Å². The molecule has 0 fully saturated rings. The Hall–Kier alpha value is -4.96. The van der Waals surface area contributed by atoms with Crippen LogP contribution < -0.4 is 19.5 Å². The van der Waals surface area contributed by atoms with E-state index in [0.717, 1.165) is 27.5 Å². The van der Waals surface area contributed by atoms with E-state index in [-0.39, 0.29) is 12.2 Å². The molecule has 8 heteroatoms. The van der Waals surface area contributed by atoms with Crippen LogP contribution in [0.1, 0.15) is 22.3 Å². The van der Waals surface area contributed by atoms with Gasteiger partial charge in [0.25, 0.3) is 5.91 Å². The smallest absolute Gasteiger partial charge is 0.266 e. The lowest BCUT2D eigenvalue weighted by Gasteiger charge is -2.16. The van der Waals surface area contributed by atoms with Gasteiger partial charge in [-0.1, -0.05) is 77.8 Å². The number of benzene rings is 5. The number of anilines is 1. The van der Waals surface area contributed by atoms with Crippen LogP contribution in [0.3, 0.4) is 0 Å². The predicted octanol–water partition coefficient (Wildman–Crippen LogP) is 9.17. The van der Waals surface area contributed by atoms with Crippen LogP contribution in [0.15, 0.2) is 103 Å². The van der Waals surface area contributed by atoms with E-state index in [1.54, 1.807) is 42.5 Å². The second-order valence-corrected chi connectivity index (χ2v) is 10.7. The summed E-state index contributed by atoms with van der Waals surface area (Å²) in [6.45, 7) is 2.64. The van der Waals surface area contributed by atoms with Gasteiger partial charge in [-0.25, -0.2) is 0 Å². The van der Waals surface area contributed by atoms with Crippen molar-refractivity contribution in [3.63, 3.8) is 0 Å². The van der Waals surface area contributed by atoms with Crippen molar-refractivity contribution >= 4 is 51.6 Å². The van der Waals surface area contributed by atoms with Crippen molar-refractivity contribution in [2.75, 3.05) is 12.4 Å². The number of carbonyl (C=O) groups is 1. The van der Waals surface area contributed by atoms with Gasteiger partial charge in [0.1, 0.15) is 30.6 Å². The van der Waals surface area contributed by atoms with Gasteiger partial charge in [-0.2, -0.15) is 5.26 Å². The number of hydrogen-bond donors (Lipinski definition) is 1. The van der Waals surface area contributed by atoms with Gasteiger partial charge >= 0.3 is 0 Å². The Bertz CT molecular complexity index is 1900. The normalized spacial score (nSPS) is 11.1. The van der Waals surface area contributed by atoms with E-state index in [2.05, 4.69) is 29.6 Å². The van der Waals surface area contributed by atoms with E-state index < -0.39 is 5.91 Å². The number of aryl methyl sites for hydroxylation is 1. The van der Waals surface area contributed by atoms with Crippen molar-refractivity contribution in [2.45, 2.75) is 20.1 Å². The van der Waals surface area contributed by atoms with Crippen molar-refractivity contribution in [3.05, 3.63) is 135 Å². The van der Waals surface area contributed by atoms with Gasteiger partial charge in [-0.3, -0.25) is 4.79 Å². The first-order valence-electron chi connectivity index (χ1n) is 13.7. The first-order valence-corrected chi connectivity index (χ1v) is 14.5. The van der Waals surface area contributed by atoms with Crippen LogP contribution in [0, 0.1) is 18.3 Å². The number of fused-ring (bicyclic) bond motifs is 1. The molecule has 0 heterocycles. The fourth-order valence-electron chi connectivity index (χ4n) is 4.67. The van der Waals surface area contributed by atoms with Crippen LogP contribution in [0.4, 0.5) is 5.69 Å². The summed E-state index contributed by atoms with van der Waals surface area (Å²) in [6, 6.07) is 31.8. The molecule has 0 aliphatic heterocycles. The fourth-order valence-corrected chi connectivity index (χ4v) is 5.13. The zero-order valence-electron chi connectivity index (χ0n) is 24.1. The van der Waals surface area contributed by atoms with Gasteiger partial charge < -0.3 is 19.5 Å². The molecule has 0 radical (unpaired) electrons. The molecule has 0 aliphatic rings. The molecule has 0 atom stereocenters. The second-order valence-electron chi connectivity index (χ2n) is 9.93. The Morgan fingerprint density at radius 1 is 0.886 bits per heavy atom. The molecular formula is C36H28Cl2N2O4. The highest BCUT2D eigenvalue weighted by atomic mass is 35.5. The van der Waals surface area contributed by atoms with Crippen LogP contribution in [-0.2, 0) is 18.0 Å². The molecule has 0 aromatic heterocycles. The molecule has 44 heavy (non-hydrogen) atoms. The number of nitriles is 1. The van der Waals surface area contributed by atoms with Crippen molar-refractivity contribution in [1.29, 1.82) is 5.26 Å². The molecular weight excluding hydrogens is 595 g/mol. The summed E-state index contributed by atoms with van der Waals surface area (Å²) in [5.74, 6) is 0.794. The molecule has 1 N–H and O–H groups in total. The van der Waals surface area contributed by atoms with Gasteiger partial charge in [0.05, 0.1) is 12.1 Å². The highest BCUT2D eigenvalue weighted by Crippen LogP contribution is 2.38. The third-order valence-electron chi connectivity index (χ3n) is 7.03. The van der Waals surface area contributed by atoms with Crippen LogP contribution in [-0.4, -0.2) is 13.0 Å². The first kappa shape index (κ1) is 30.5. The van der Waals surface area contributed by atoms with E-state index in [1.807, 2.05) is 43.3 Å².